The topological polar surface area (TPSA) is 55.1 Å². The predicted molar refractivity (Wildman–Crippen MR) is 69.6 cm³/mol. The lowest BCUT2D eigenvalue weighted by atomic mass is 10.1. The zero-order valence-corrected chi connectivity index (χ0v) is 9.69. The van der Waals surface area contributed by atoms with Crippen molar-refractivity contribution in [3.8, 4) is 0 Å². The summed E-state index contributed by atoms with van der Waals surface area (Å²) in [5, 5.41) is 2.67. The summed E-state index contributed by atoms with van der Waals surface area (Å²) in [6.07, 6.45) is 0.276. The fraction of sp³-hybridized carbons (Fsp3) is 0.0714. The quantitative estimate of drug-likeness (QED) is 0.815. The number of halogens is 1. The molecule has 0 unspecified atom stereocenters. The van der Waals surface area contributed by atoms with Gasteiger partial charge in [0.2, 0.25) is 5.91 Å². The van der Waals surface area contributed by atoms with E-state index >= 15 is 0 Å². The molecule has 0 bridgehead atoms. The average molecular weight is 244 g/mol. The first kappa shape index (κ1) is 12.1. The SMILES string of the molecule is Nc1cc(NC(=O)Cc2ccccc2)ccc1F. The summed E-state index contributed by atoms with van der Waals surface area (Å²) < 4.78 is 12.9. The van der Waals surface area contributed by atoms with Gasteiger partial charge in [0.05, 0.1) is 12.1 Å². The van der Waals surface area contributed by atoms with Crippen LogP contribution in [0.3, 0.4) is 0 Å². The highest BCUT2D eigenvalue weighted by Crippen LogP contribution is 2.16. The number of hydrogen-bond donors (Lipinski definition) is 2. The van der Waals surface area contributed by atoms with Gasteiger partial charge < -0.3 is 11.1 Å². The predicted octanol–water partition coefficient (Wildman–Crippen LogP) is 2.59. The molecule has 0 aliphatic heterocycles. The molecule has 0 spiro atoms. The van der Waals surface area contributed by atoms with Gasteiger partial charge in [-0.05, 0) is 23.8 Å². The first-order valence-corrected chi connectivity index (χ1v) is 5.54. The van der Waals surface area contributed by atoms with Gasteiger partial charge in [-0.15, -0.1) is 0 Å². The second-order valence-electron chi connectivity index (χ2n) is 3.95. The molecule has 18 heavy (non-hydrogen) atoms. The highest BCUT2D eigenvalue weighted by Gasteiger charge is 2.05. The van der Waals surface area contributed by atoms with Crippen molar-refractivity contribution in [2.24, 2.45) is 0 Å². The summed E-state index contributed by atoms with van der Waals surface area (Å²) in [6.45, 7) is 0. The third-order valence-corrected chi connectivity index (χ3v) is 2.49. The Balaban J connectivity index is 2.01. The lowest BCUT2D eigenvalue weighted by Crippen LogP contribution is -2.14. The van der Waals surface area contributed by atoms with E-state index in [2.05, 4.69) is 5.32 Å². The van der Waals surface area contributed by atoms with Crippen LogP contribution in [-0.4, -0.2) is 5.91 Å². The normalized spacial score (nSPS) is 10.1. The van der Waals surface area contributed by atoms with E-state index in [1.807, 2.05) is 30.3 Å². The highest BCUT2D eigenvalue weighted by molar-refractivity contribution is 5.92. The van der Waals surface area contributed by atoms with Crippen LogP contribution in [0.5, 0.6) is 0 Å². The van der Waals surface area contributed by atoms with Crippen molar-refractivity contribution < 1.29 is 9.18 Å². The number of nitrogen functional groups attached to an aromatic ring is 1. The minimum Gasteiger partial charge on any atom is -0.396 e. The van der Waals surface area contributed by atoms with E-state index in [0.29, 0.717) is 5.69 Å². The third kappa shape index (κ3) is 3.07. The molecule has 2 rings (SSSR count). The summed E-state index contributed by atoms with van der Waals surface area (Å²) in [7, 11) is 0. The zero-order valence-electron chi connectivity index (χ0n) is 9.69. The van der Waals surface area contributed by atoms with E-state index in [1.165, 1.54) is 18.2 Å². The van der Waals surface area contributed by atoms with Crippen LogP contribution in [0.15, 0.2) is 48.5 Å². The molecule has 92 valence electrons. The Morgan fingerprint density at radius 3 is 2.56 bits per heavy atom. The molecule has 0 radical (unpaired) electrons. The largest absolute Gasteiger partial charge is 0.396 e. The molecule has 2 aromatic rings. The van der Waals surface area contributed by atoms with Gasteiger partial charge in [-0.25, -0.2) is 4.39 Å². The molecule has 0 heterocycles. The number of carbonyl (C=O) groups excluding carboxylic acids is 1. The molecule has 1 amide bonds. The first-order valence-electron chi connectivity index (χ1n) is 5.54. The van der Waals surface area contributed by atoms with Crippen molar-refractivity contribution >= 4 is 17.3 Å². The summed E-state index contributed by atoms with van der Waals surface area (Å²) in [5.41, 5.74) is 6.86. The number of anilines is 2. The number of hydrogen-bond acceptors (Lipinski definition) is 2. The van der Waals surface area contributed by atoms with Gasteiger partial charge in [0.25, 0.3) is 0 Å². The first-order chi connectivity index (χ1) is 8.65. The van der Waals surface area contributed by atoms with Crippen LogP contribution in [0.25, 0.3) is 0 Å². The van der Waals surface area contributed by atoms with Gasteiger partial charge >= 0.3 is 0 Å². The minimum atomic E-state index is -0.490. The Kier molecular flexibility index (Phi) is 3.57. The van der Waals surface area contributed by atoms with Gasteiger partial charge in [0.1, 0.15) is 5.82 Å². The third-order valence-electron chi connectivity index (χ3n) is 2.49. The Morgan fingerprint density at radius 2 is 1.89 bits per heavy atom. The van der Waals surface area contributed by atoms with Gasteiger partial charge in [-0.1, -0.05) is 30.3 Å². The molecule has 0 fully saturated rings. The zero-order chi connectivity index (χ0) is 13.0. The van der Waals surface area contributed by atoms with Gasteiger partial charge in [-0.2, -0.15) is 0 Å². The molecule has 3 nitrogen and oxygen atoms in total. The summed E-state index contributed by atoms with van der Waals surface area (Å²) in [5.74, 6) is -0.650. The number of benzene rings is 2. The standard InChI is InChI=1S/C14H13FN2O/c15-12-7-6-11(9-13(12)16)17-14(18)8-10-4-2-1-3-5-10/h1-7,9H,8,16H2,(H,17,18). The summed E-state index contributed by atoms with van der Waals surface area (Å²) >= 11 is 0. The Morgan fingerprint density at radius 1 is 1.17 bits per heavy atom. The number of nitrogens with one attached hydrogen (secondary N) is 1. The lowest BCUT2D eigenvalue weighted by Gasteiger charge is -2.06. The van der Waals surface area contributed by atoms with Crippen molar-refractivity contribution in [2.45, 2.75) is 6.42 Å². The fourth-order valence-corrected chi connectivity index (χ4v) is 1.61. The van der Waals surface area contributed by atoms with Crippen molar-refractivity contribution in [1.29, 1.82) is 0 Å². The molecule has 4 heteroatoms. The van der Waals surface area contributed by atoms with E-state index in [1.54, 1.807) is 0 Å². The number of rotatable bonds is 3. The van der Waals surface area contributed by atoms with Crippen LogP contribution in [0.2, 0.25) is 0 Å². The Bertz CT molecular complexity index is 555. The van der Waals surface area contributed by atoms with Crippen LogP contribution in [0.1, 0.15) is 5.56 Å². The molecular weight excluding hydrogens is 231 g/mol. The average Bonchev–Trinajstić information content (AvgIpc) is 2.35. The Hall–Kier alpha value is -2.36. The molecule has 3 N–H and O–H groups in total. The van der Waals surface area contributed by atoms with Crippen molar-refractivity contribution in [2.75, 3.05) is 11.1 Å². The van der Waals surface area contributed by atoms with Crippen LogP contribution in [-0.2, 0) is 11.2 Å². The molecule has 2 aromatic carbocycles. The van der Waals surface area contributed by atoms with Crippen LogP contribution >= 0.6 is 0 Å². The van der Waals surface area contributed by atoms with Crippen molar-refractivity contribution in [3.63, 3.8) is 0 Å². The molecular formula is C14H13FN2O. The van der Waals surface area contributed by atoms with Crippen LogP contribution in [0, 0.1) is 5.82 Å². The molecule has 0 saturated carbocycles. The number of amides is 1. The Labute approximate surface area is 104 Å². The molecule has 0 aromatic heterocycles. The van der Waals surface area contributed by atoms with E-state index in [9.17, 15) is 9.18 Å². The second-order valence-corrected chi connectivity index (χ2v) is 3.95. The summed E-state index contributed by atoms with van der Waals surface area (Å²) in [6, 6.07) is 13.5. The minimum absolute atomic E-state index is 0.0208. The number of carbonyl (C=O) groups is 1. The highest BCUT2D eigenvalue weighted by atomic mass is 19.1. The molecule has 0 aliphatic rings. The van der Waals surface area contributed by atoms with Crippen LogP contribution < -0.4 is 11.1 Å². The van der Waals surface area contributed by atoms with Gasteiger partial charge in [0, 0.05) is 5.69 Å². The van der Waals surface area contributed by atoms with Crippen molar-refractivity contribution in [3.05, 3.63) is 59.9 Å². The van der Waals surface area contributed by atoms with E-state index < -0.39 is 5.82 Å². The molecule has 0 saturated heterocycles. The maximum Gasteiger partial charge on any atom is 0.228 e. The summed E-state index contributed by atoms with van der Waals surface area (Å²) in [4.78, 5) is 11.7. The lowest BCUT2D eigenvalue weighted by molar-refractivity contribution is -0.115. The monoisotopic (exact) mass is 244 g/mol. The van der Waals surface area contributed by atoms with Gasteiger partial charge in [0.15, 0.2) is 0 Å². The maximum absolute atomic E-state index is 12.9. The smallest absolute Gasteiger partial charge is 0.228 e. The molecule has 0 atom stereocenters. The maximum atomic E-state index is 12.9. The second kappa shape index (κ2) is 5.31. The van der Waals surface area contributed by atoms with Gasteiger partial charge in [-0.3, -0.25) is 4.79 Å². The molecule has 0 aliphatic carbocycles. The van der Waals surface area contributed by atoms with Crippen molar-refractivity contribution in [1.82, 2.24) is 0 Å². The number of nitrogens with two attached hydrogens (primary N) is 1. The van der Waals surface area contributed by atoms with E-state index in [-0.39, 0.29) is 18.0 Å². The fourth-order valence-electron chi connectivity index (χ4n) is 1.61. The van der Waals surface area contributed by atoms with E-state index in [4.69, 9.17) is 5.73 Å². The van der Waals surface area contributed by atoms with E-state index in [0.717, 1.165) is 5.56 Å². The van der Waals surface area contributed by atoms with Crippen LogP contribution in [0.4, 0.5) is 15.8 Å².